The van der Waals surface area contributed by atoms with Gasteiger partial charge >= 0.3 is 5.97 Å². The first kappa shape index (κ1) is 12.3. The molecule has 18 heavy (non-hydrogen) atoms. The topological polar surface area (TPSA) is 79.5 Å². The number of likely N-dealkylation sites (tertiary alicyclic amines) is 1. The molecule has 1 aliphatic heterocycles. The lowest BCUT2D eigenvalue weighted by Crippen LogP contribution is -2.42. The van der Waals surface area contributed by atoms with E-state index in [4.69, 9.17) is 0 Å². The number of rotatable bonds is 2. The molecule has 0 saturated carbocycles. The Balaban J connectivity index is 2.26. The number of ether oxygens (including phenoxy) is 1. The molecule has 1 aromatic rings. The summed E-state index contributed by atoms with van der Waals surface area (Å²) >= 11 is 0. The molecule has 1 N–H and O–H groups in total. The fraction of sp³-hybridized carbons (Fsp3) is 0.417. The fourth-order valence-corrected chi connectivity index (χ4v) is 2.13. The maximum atomic E-state index is 12.2. The van der Waals surface area contributed by atoms with Gasteiger partial charge in [0.2, 0.25) is 0 Å². The average Bonchev–Trinajstić information content (AvgIpc) is 2.86. The van der Waals surface area contributed by atoms with E-state index in [0.717, 1.165) is 6.42 Å². The molecule has 1 amide bonds. The first-order chi connectivity index (χ1) is 8.65. The van der Waals surface area contributed by atoms with Crippen LogP contribution in [0.3, 0.4) is 0 Å². The van der Waals surface area contributed by atoms with Crippen LogP contribution in [0.1, 0.15) is 23.2 Å². The van der Waals surface area contributed by atoms with Crippen molar-refractivity contribution in [3.63, 3.8) is 0 Å². The smallest absolute Gasteiger partial charge is 0.328 e. The van der Waals surface area contributed by atoms with Gasteiger partial charge < -0.3 is 14.6 Å². The Labute approximate surface area is 104 Å². The summed E-state index contributed by atoms with van der Waals surface area (Å²) < 4.78 is 4.66. The van der Waals surface area contributed by atoms with Crippen molar-refractivity contribution in [1.82, 2.24) is 9.88 Å². The monoisotopic (exact) mass is 250 g/mol. The number of carbonyl (C=O) groups excluding carboxylic acids is 2. The van der Waals surface area contributed by atoms with E-state index >= 15 is 0 Å². The van der Waals surface area contributed by atoms with Crippen LogP contribution in [0.15, 0.2) is 23.3 Å². The number of aromatic nitrogens is 1. The maximum Gasteiger partial charge on any atom is 0.328 e. The molecule has 1 aromatic heterocycles. The molecule has 1 unspecified atom stereocenters. The molecule has 2 heterocycles. The molecule has 96 valence electrons. The molecule has 0 aromatic carbocycles. The number of carbonyl (C=O) groups is 2. The van der Waals surface area contributed by atoms with Gasteiger partial charge in [0.15, 0.2) is 5.43 Å². The highest BCUT2D eigenvalue weighted by molar-refractivity contribution is 5.96. The van der Waals surface area contributed by atoms with Crippen molar-refractivity contribution in [2.24, 2.45) is 0 Å². The third-order valence-electron chi connectivity index (χ3n) is 3.04. The van der Waals surface area contributed by atoms with E-state index in [1.165, 1.54) is 30.5 Å². The quantitative estimate of drug-likeness (QED) is 0.758. The van der Waals surface area contributed by atoms with Crippen LogP contribution in [-0.2, 0) is 9.53 Å². The number of methoxy groups -OCH3 is 1. The number of nitrogens with one attached hydrogen (secondary N) is 1. The van der Waals surface area contributed by atoms with Gasteiger partial charge in [-0.3, -0.25) is 9.59 Å². The van der Waals surface area contributed by atoms with Crippen LogP contribution in [0.5, 0.6) is 0 Å². The van der Waals surface area contributed by atoms with E-state index in [1.54, 1.807) is 0 Å². The SMILES string of the molecule is COC(=O)C1CCCN1C(=O)c1c[nH]ccc1=O. The lowest BCUT2D eigenvalue weighted by atomic mass is 10.2. The number of hydrogen-bond donors (Lipinski definition) is 1. The second-order valence-electron chi connectivity index (χ2n) is 4.10. The molecule has 0 radical (unpaired) electrons. The van der Waals surface area contributed by atoms with Crippen molar-refractivity contribution < 1.29 is 14.3 Å². The van der Waals surface area contributed by atoms with Crippen molar-refractivity contribution >= 4 is 11.9 Å². The van der Waals surface area contributed by atoms with E-state index in [9.17, 15) is 14.4 Å². The summed E-state index contributed by atoms with van der Waals surface area (Å²) in [5.74, 6) is -0.863. The number of hydrogen-bond acceptors (Lipinski definition) is 4. The van der Waals surface area contributed by atoms with Gasteiger partial charge in [0.05, 0.1) is 7.11 Å². The van der Waals surface area contributed by atoms with E-state index in [1.807, 2.05) is 0 Å². The molecule has 1 fully saturated rings. The van der Waals surface area contributed by atoms with E-state index < -0.39 is 17.9 Å². The Morgan fingerprint density at radius 1 is 1.50 bits per heavy atom. The summed E-state index contributed by atoms with van der Waals surface area (Å²) in [6.07, 6.45) is 4.12. The fourth-order valence-electron chi connectivity index (χ4n) is 2.13. The molecule has 1 aliphatic rings. The van der Waals surface area contributed by atoms with Crippen LogP contribution < -0.4 is 5.43 Å². The Bertz CT molecular complexity index is 523. The van der Waals surface area contributed by atoms with E-state index in [-0.39, 0.29) is 11.0 Å². The highest BCUT2D eigenvalue weighted by atomic mass is 16.5. The largest absolute Gasteiger partial charge is 0.467 e. The van der Waals surface area contributed by atoms with Gasteiger partial charge in [-0.15, -0.1) is 0 Å². The third-order valence-corrected chi connectivity index (χ3v) is 3.04. The molecular formula is C12H14N2O4. The van der Waals surface area contributed by atoms with Gasteiger partial charge in [-0.2, -0.15) is 0 Å². The molecule has 1 saturated heterocycles. The number of amides is 1. The zero-order chi connectivity index (χ0) is 13.1. The summed E-state index contributed by atoms with van der Waals surface area (Å²) in [5.41, 5.74) is -0.303. The van der Waals surface area contributed by atoms with Crippen LogP contribution >= 0.6 is 0 Å². The minimum absolute atomic E-state index is 0.0494. The second-order valence-corrected chi connectivity index (χ2v) is 4.10. The zero-order valence-electron chi connectivity index (χ0n) is 10.0. The van der Waals surface area contributed by atoms with Crippen molar-refractivity contribution in [1.29, 1.82) is 0 Å². The number of aromatic amines is 1. The first-order valence-corrected chi connectivity index (χ1v) is 5.71. The predicted octanol–water partition coefficient (Wildman–Crippen LogP) is 0.152. The van der Waals surface area contributed by atoms with Crippen molar-refractivity contribution in [3.8, 4) is 0 Å². The molecule has 6 heteroatoms. The minimum atomic E-state index is -0.581. The van der Waals surface area contributed by atoms with Gasteiger partial charge in [-0.1, -0.05) is 0 Å². The summed E-state index contributed by atoms with van der Waals surface area (Å²) in [4.78, 5) is 39.4. The number of esters is 1. The number of pyridine rings is 1. The highest BCUT2D eigenvalue weighted by Crippen LogP contribution is 2.19. The van der Waals surface area contributed by atoms with Crippen LogP contribution in [0.25, 0.3) is 0 Å². The Morgan fingerprint density at radius 3 is 2.94 bits per heavy atom. The van der Waals surface area contributed by atoms with E-state index in [2.05, 4.69) is 9.72 Å². The molecule has 0 aliphatic carbocycles. The lowest BCUT2D eigenvalue weighted by Gasteiger charge is -2.22. The molecule has 1 atom stereocenters. The average molecular weight is 250 g/mol. The molecule has 2 rings (SSSR count). The molecule has 0 bridgehead atoms. The van der Waals surface area contributed by atoms with Crippen LogP contribution in [0.2, 0.25) is 0 Å². The summed E-state index contributed by atoms with van der Waals surface area (Å²) in [6.45, 7) is 0.465. The molecular weight excluding hydrogens is 236 g/mol. The third kappa shape index (κ3) is 2.13. The predicted molar refractivity (Wildman–Crippen MR) is 63.1 cm³/mol. The standard InChI is InChI=1S/C12H14N2O4/c1-18-12(17)9-3-2-6-14(9)11(16)8-7-13-5-4-10(8)15/h4-5,7,9H,2-3,6H2,1H3,(H,13,15). The van der Waals surface area contributed by atoms with Gasteiger partial charge in [0.1, 0.15) is 11.6 Å². The first-order valence-electron chi connectivity index (χ1n) is 5.71. The van der Waals surface area contributed by atoms with Crippen molar-refractivity contribution in [3.05, 3.63) is 34.2 Å². The summed E-state index contributed by atoms with van der Waals surface area (Å²) in [7, 11) is 1.29. The van der Waals surface area contributed by atoms with Gasteiger partial charge in [0.25, 0.3) is 5.91 Å². The summed E-state index contributed by atoms with van der Waals surface area (Å²) in [6, 6.07) is 0.707. The minimum Gasteiger partial charge on any atom is -0.467 e. The summed E-state index contributed by atoms with van der Waals surface area (Å²) in [5, 5.41) is 0. The van der Waals surface area contributed by atoms with Gasteiger partial charge in [0, 0.05) is 25.0 Å². The van der Waals surface area contributed by atoms with Crippen LogP contribution in [0.4, 0.5) is 0 Å². The van der Waals surface area contributed by atoms with Crippen molar-refractivity contribution in [2.75, 3.05) is 13.7 Å². The second kappa shape index (κ2) is 5.03. The Morgan fingerprint density at radius 2 is 2.28 bits per heavy atom. The molecule has 6 nitrogen and oxygen atoms in total. The van der Waals surface area contributed by atoms with Crippen LogP contribution in [-0.4, -0.2) is 41.5 Å². The maximum absolute atomic E-state index is 12.2. The van der Waals surface area contributed by atoms with E-state index in [0.29, 0.717) is 13.0 Å². The Hall–Kier alpha value is -2.11. The van der Waals surface area contributed by atoms with Gasteiger partial charge in [-0.25, -0.2) is 4.79 Å². The number of nitrogens with zero attached hydrogens (tertiary/aromatic N) is 1. The number of H-pyrrole nitrogens is 1. The van der Waals surface area contributed by atoms with Crippen LogP contribution in [0, 0.1) is 0 Å². The normalized spacial score (nSPS) is 18.7. The molecule has 0 spiro atoms. The lowest BCUT2D eigenvalue weighted by molar-refractivity contribution is -0.145. The highest BCUT2D eigenvalue weighted by Gasteiger charge is 2.35. The Kier molecular flexibility index (Phi) is 3.45. The van der Waals surface area contributed by atoms with Crippen molar-refractivity contribution in [2.45, 2.75) is 18.9 Å². The zero-order valence-corrected chi connectivity index (χ0v) is 10.0. The van der Waals surface area contributed by atoms with Gasteiger partial charge in [-0.05, 0) is 12.8 Å².